The van der Waals surface area contributed by atoms with Crippen LogP contribution in [0.4, 0.5) is 0 Å². The first-order chi connectivity index (χ1) is 6.69. The Labute approximate surface area is 86.8 Å². The lowest BCUT2D eigenvalue weighted by molar-refractivity contribution is 0.125. The van der Waals surface area contributed by atoms with Crippen LogP contribution in [0.25, 0.3) is 0 Å². The number of fused-ring (bicyclic) bond motifs is 9. The Bertz CT molecular complexity index is 316. The van der Waals surface area contributed by atoms with Crippen molar-refractivity contribution in [3.63, 3.8) is 0 Å². The molecule has 7 unspecified atom stereocenters. The molecular weight excluding hydrogens is 168 g/mol. The van der Waals surface area contributed by atoms with Gasteiger partial charge in [0.25, 0.3) is 0 Å². The highest BCUT2D eigenvalue weighted by molar-refractivity contribution is 5.25. The van der Waals surface area contributed by atoms with Gasteiger partial charge in [0.05, 0.1) is 0 Å². The predicted octanol–water partition coefficient (Wildman–Crippen LogP) is 3.49. The van der Waals surface area contributed by atoms with Crippen molar-refractivity contribution in [3.8, 4) is 0 Å². The second-order valence-corrected chi connectivity index (χ2v) is 6.71. The van der Waals surface area contributed by atoms with E-state index < -0.39 is 0 Å². The summed E-state index contributed by atoms with van der Waals surface area (Å²) in [6, 6.07) is 0. The Morgan fingerprint density at radius 2 is 2.14 bits per heavy atom. The van der Waals surface area contributed by atoms with Crippen molar-refractivity contribution < 1.29 is 0 Å². The maximum Gasteiger partial charge on any atom is -0.0107 e. The third-order valence-electron chi connectivity index (χ3n) is 6.05. The van der Waals surface area contributed by atoms with E-state index in [-0.39, 0.29) is 0 Å². The maximum absolute atomic E-state index is 2.56. The van der Waals surface area contributed by atoms with Crippen molar-refractivity contribution in [3.05, 3.63) is 12.2 Å². The topological polar surface area (TPSA) is 0 Å². The van der Waals surface area contributed by atoms with E-state index in [2.05, 4.69) is 26.0 Å². The van der Waals surface area contributed by atoms with E-state index in [0.29, 0.717) is 5.41 Å². The molecule has 0 heterocycles. The van der Waals surface area contributed by atoms with Gasteiger partial charge in [-0.1, -0.05) is 26.0 Å². The first kappa shape index (κ1) is 7.96. The highest BCUT2D eigenvalue weighted by Gasteiger charge is 2.63. The first-order valence-corrected chi connectivity index (χ1v) is 6.38. The number of allylic oxidation sites excluding steroid dienone is 2. The number of rotatable bonds is 0. The zero-order valence-corrected chi connectivity index (χ0v) is 9.24. The van der Waals surface area contributed by atoms with Gasteiger partial charge in [-0.25, -0.2) is 0 Å². The van der Waals surface area contributed by atoms with Gasteiger partial charge < -0.3 is 0 Å². The normalized spacial score (nSPS) is 67.9. The van der Waals surface area contributed by atoms with Crippen LogP contribution >= 0.6 is 0 Å². The smallest absolute Gasteiger partial charge is 0.0107 e. The van der Waals surface area contributed by atoms with Crippen LogP contribution < -0.4 is 0 Å². The van der Waals surface area contributed by atoms with Gasteiger partial charge in [0.15, 0.2) is 0 Å². The number of hydrogen-bond acceptors (Lipinski definition) is 0. The van der Waals surface area contributed by atoms with Crippen molar-refractivity contribution in [1.29, 1.82) is 0 Å². The van der Waals surface area contributed by atoms with Gasteiger partial charge in [0.2, 0.25) is 0 Å². The van der Waals surface area contributed by atoms with E-state index in [1.807, 2.05) is 0 Å². The summed E-state index contributed by atoms with van der Waals surface area (Å²) in [5, 5.41) is 0. The van der Waals surface area contributed by atoms with Gasteiger partial charge in [-0.2, -0.15) is 0 Å². The summed E-state index contributed by atoms with van der Waals surface area (Å²) in [6.07, 6.45) is 9.72. The maximum atomic E-state index is 2.56. The lowest BCUT2D eigenvalue weighted by atomic mass is 9.65. The van der Waals surface area contributed by atoms with Crippen molar-refractivity contribution in [2.24, 2.45) is 40.9 Å². The minimum absolute atomic E-state index is 0.620. The fraction of sp³-hybridized carbons (Fsp3) is 0.857. The molecule has 4 rings (SSSR count). The molecule has 0 aromatic rings. The van der Waals surface area contributed by atoms with Gasteiger partial charge in [-0.15, -0.1) is 0 Å². The highest BCUT2D eigenvalue weighted by Crippen LogP contribution is 2.70. The van der Waals surface area contributed by atoms with E-state index >= 15 is 0 Å². The second-order valence-electron chi connectivity index (χ2n) is 6.71. The van der Waals surface area contributed by atoms with Gasteiger partial charge >= 0.3 is 0 Å². The van der Waals surface area contributed by atoms with Crippen LogP contribution in [0.1, 0.15) is 33.1 Å². The van der Waals surface area contributed by atoms with E-state index in [1.165, 1.54) is 6.42 Å². The zero-order valence-electron chi connectivity index (χ0n) is 9.24. The highest BCUT2D eigenvalue weighted by atomic mass is 14.7. The molecule has 0 aliphatic heterocycles. The largest absolute Gasteiger partial charge is 0.0845 e. The average Bonchev–Trinajstić information content (AvgIpc) is 2.78. The molecule has 3 fully saturated rings. The molecule has 4 aliphatic rings. The van der Waals surface area contributed by atoms with Gasteiger partial charge in [0, 0.05) is 0 Å². The summed E-state index contributed by atoms with van der Waals surface area (Å²) in [7, 11) is 0. The molecule has 0 aromatic heterocycles. The van der Waals surface area contributed by atoms with Crippen LogP contribution in [0.2, 0.25) is 0 Å². The van der Waals surface area contributed by atoms with Crippen LogP contribution in [0, 0.1) is 40.9 Å². The molecule has 0 amide bonds. The van der Waals surface area contributed by atoms with Crippen LogP contribution in [0.15, 0.2) is 12.2 Å². The molecule has 4 aliphatic carbocycles. The molecule has 0 N–H and O–H groups in total. The zero-order chi connectivity index (χ0) is 9.50. The summed E-state index contributed by atoms with van der Waals surface area (Å²) >= 11 is 0. The van der Waals surface area contributed by atoms with Crippen LogP contribution in [-0.4, -0.2) is 0 Å². The van der Waals surface area contributed by atoms with Crippen LogP contribution in [0.3, 0.4) is 0 Å². The van der Waals surface area contributed by atoms with E-state index in [1.54, 1.807) is 12.8 Å². The Morgan fingerprint density at radius 3 is 3.00 bits per heavy atom. The predicted molar refractivity (Wildman–Crippen MR) is 57.7 cm³/mol. The molecule has 7 atom stereocenters. The fourth-order valence-electron chi connectivity index (χ4n) is 5.80. The average molecular weight is 188 g/mol. The molecular formula is C14H20. The minimum atomic E-state index is 0.620. The van der Waals surface area contributed by atoms with Gasteiger partial charge in [0.1, 0.15) is 0 Å². The van der Waals surface area contributed by atoms with Crippen LogP contribution in [0.5, 0.6) is 0 Å². The standard InChI is InChI=1S/C14H20/c1-8-5-10-6-11(8)12-9-3-4-14(2,7-9)13(10)12/h3-4,8-13H,5-7H2,1-2H3. The molecule has 14 heavy (non-hydrogen) atoms. The van der Waals surface area contributed by atoms with Crippen LogP contribution in [-0.2, 0) is 0 Å². The summed E-state index contributed by atoms with van der Waals surface area (Å²) in [5.41, 5.74) is 0.620. The molecule has 3 saturated carbocycles. The Balaban J connectivity index is 1.81. The first-order valence-electron chi connectivity index (χ1n) is 6.38. The second kappa shape index (κ2) is 2.13. The van der Waals surface area contributed by atoms with Crippen molar-refractivity contribution in [2.45, 2.75) is 33.1 Å². The quantitative estimate of drug-likeness (QED) is 0.403. The molecule has 0 nitrogen and oxygen atoms in total. The monoisotopic (exact) mass is 188 g/mol. The summed E-state index contributed by atoms with van der Waals surface area (Å²) in [5.74, 6) is 6.39. The molecule has 0 saturated heterocycles. The molecule has 0 heteroatoms. The lowest BCUT2D eigenvalue weighted by Crippen LogP contribution is -2.33. The summed E-state index contributed by atoms with van der Waals surface area (Å²) in [6.45, 7) is 5.03. The third-order valence-corrected chi connectivity index (χ3v) is 6.05. The molecule has 0 spiro atoms. The summed E-state index contributed by atoms with van der Waals surface area (Å²) in [4.78, 5) is 0. The fourth-order valence-corrected chi connectivity index (χ4v) is 5.80. The molecule has 0 aromatic carbocycles. The minimum Gasteiger partial charge on any atom is -0.0845 e. The Kier molecular flexibility index (Phi) is 1.21. The van der Waals surface area contributed by atoms with E-state index in [0.717, 1.165) is 35.5 Å². The lowest BCUT2D eigenvalue weighted by Gasteiger charge is -2.39. The van der Waals surface area contributed by atoms with Gasteiger partial charge in [-0.3, -0.25) is 0 Å². The number of hydrogen-bond donors (Lipinski definition) is 0. The van der Waals surface area contributed by atoms with Crippen molar-refractivity contribution in [2.75, 3.05) is 0 Å². The summed E-state index contributed by atoms with van der Waals surface area (Å²) < 4.78 is 0. The SMILES string of the molecule is CC1CC2CC1C1C3C=CC(C)(C3)C21. The van der Waals surface area contributed by atoms with Gasteiger partial charge in [-0.05, 0) is 60.2 Å². The van der Waals surface area contributed by atoms with Crippen molar-refractivity contribution >= 4 is 0 Å². The van der Waals surface area contributed by atoms with E-state index in [4.69, 9.17) is 0 Å². The Morgan fingerprint density at radius 1 is 1.29 bits per heavy atom. The Hall–Kier alpha value is -0.260. The molecule has 4 bridgehead atoms. The van der Waals surface area contributed by atoms with Crippen molar-refractivity contribution in [1.82, 2.24) is 0 Å². The van der Waals surface area contributed by atoms with E-state index in [9.17, 15) is 0 Å². The third kappa shape index (κ3) is 0.677. The molecule has 0 radical (unpaired) electrons. The molecule has 76 valence electrons.